The number of phenols is 1. The molecule has 0 saturated carbocycles. The molecule has 0 fully saturated rings. The van der Waals surface area contributed by atoms with Crippen LogP contribution >= 0.6 is 0 Å². The number of hydrogen-bond donors (Lipinski definition) is 2. The summed E-state index contributed by atoms with van der Waals surface area (Å²) in [5.41, 5.74) is 0.687. The molecule has 4 nitrogen and oxygen atoms in total. The van der Waals surface area contributed by atoms with E-state index < -0.39 is 6.10 Å². The van der Waals surface area contributed by atoms with Crippen LogP contribution in [0.3, 0.4) is 0 Å². The van der Waals surface area contributed by atoms with E-state index in [2.05, 4.69) is 0 Å². The lowest BCUT2D eigenvalue weighted by Gasteiger charge is -2.27. The van der Waals surface area contributed by atoms with E-state index in [1.165, 1.54) is 13.2 Å². The lowest BCUT2D eigenvalue weighted by molar-refractivity contribution is 0.0745. The largest absolute Gasteiger partial charge is 0.507 e. The summed E-state index contributed by atoms with van der Waals surface area (Å²) in [4.78, 5) is 11.8. The summed E-state index contributed by atoms with van der Waals surface area (Å²) < 4.78 is 5.00. The summed E-state index contributed by atoms with van der Waals surface area (Å²) in [5.74, 6) is 0.0574. The minimum Gasteiger partial charge on any atom is -0.507 e. The molecular weight excluding hydrogens is 208 g/mol. The molecule has 0 aliphatic heterocycles. The highest BCUT2D eigenvalue weighted by Crippen LogP contribution is 2.40. The number of ether oxygens (including phenoxy) is 1. The van der Waals surface area contributed by atoms with Gasteiger partial charge in [0.2, 0.25) is 0 Å². The van der Waals surface area contributed by atoms with Crippen molar-refractivity contribution in [1.29, 1.82) is 0 Å². The maximum Gasteiger partial charge on any atom is 0.167 e. The molecule has 0 saturated heterocycles. The fourth-order valence-corrected chi connectivity index (χ4v) is 2.09. The Balaban J connectivity index is 2.62. The van der Waals surface area contributed by atoms with Crippen LogP contribution in [-0.2, 0) is 0 Å². The molecule has 1 aliphatic carbocycles. The molecule has 0 aromatic heterocycles. The number of aromatic hydroxyl groups is 1. The SMILES string of the molecule is COc1cc(O)c2c(c1)C(O)C(C)CC2=O. The van der Waals surface area contributed by atoms with Crippen molar-refractivity contribution in [2.24, 2.45) is 5.92 Å². The van der Waals surface area contributed by atoms with Gasteiger partial charge in [0.05, 0.1) is 18.8 Å². The van der Waals surface area contributed by atoms with Gasteiger partial charge in [-0.3, -0.25) is 4.79 Å². The zero-order valence-electron chi connectivity index (χ0n) is 9.23. The quantitative estimate of drug-likeness (QED) is 0.758. The maximum absolute atomic E-state index is 11.8. The number of fused-ring (bicyclic) bond motifs is 1. The van der Waals surface area contributed by atoms with E-state index in [1.807, 2.05) is 6.92 Å². The average Bonchev–Trinajstić information content (AvgIpc) is 2.24. The smallest absolute Gasteiger partial charge is 0.167 e. The third kappa shape index (κ3) is 1.55. The zero-order valence-corrected chi connectivity index (χ0v) is 9.23. The Bertz CT molecular complexity index is 439. The van der Waals surface area contributed by atoms with E-state index in [-0.39, 0.29) is 29.4 Å². The highest BCUT2D eigenvalue weighted by Gasteiger charge is 2.32. The second kappa shape index (κ2) is 3.79. The Morgan fingerprint density at radius 3 is 2.75 bits per heavy atom. The van der Waals surface area contributed by atoms with Crippen molar-refractivity contribution in [3.8, 4) is 11.5 Å². The summed E-state index contributed by atoms with van der Waals surface area (Å²) in [6, 6.07) is 2.99. The number of methoxy groups -OCH3 is 1. The first kappa shape index (κ1) is 11.0. The van der Waals surface area contributed by atoms with Crippen molar-refractivity contribution >= 4 is 5.78 Å². The fraction of sp³-hybridized carbons (Fsp3) is 0.417. The van der Waals surface area contributed by atoms with Crippen LogP contribution in [0.2, 0.25) is 0 Å². The number of rotatable bonds is 1. The molecular formula is C12H14O4. The lowest BCUT2D eigenvalue weighted by Crippen LogP contribution is -2.23. The molecule has 0 bridgehead atoms. The van der Waals surface area contributed by atoms with Crippen LogP contribution in [-0.4, -0.2) is 23.1 Å². The van der Waals surface area contributed by atoms with Gasteiger partial charge in [0.15, 0.2) is 5.78 Å². The Morgan fingerprint density at radius 1 is 1.44 bits per heavy atom. The van der Waals surface area contributed by atoms with Gasteiger partial charge in [-0.15, -0.1) is 0 Å². The highest BCUT2D eigenvalue weighted by atomic mass is 16.5. The first-order chi connectivity index (χ1) is 7.54. The fourth-order valence-electron chi connectivity index (χ4n) is 2.09. The van der Waals surface area contributed by atoms with Gasteiger partial charge in [-0.25, -0.2) is 0 Å². The predicted octanol–water partition coefficient (Wildman–Crippen LogP) is 1.66. The van der Waals surface area contributed by atoms with Crippen LogP contribution < -0.4 is 4.74 Å². The van der Waals surface area contributed by atoms with Crippen LogP contribution in [0.4, 0.5) is 0 Å². The van der Waals surface area contributed by atoms with Crippen LogP contribution in [0.5, 0.6) is 11.5 Å². The van der Waals surface area contributed by atoms with Gasteiger partial charge >= 0.3 is 0 Å². The first-order valence-electron chi connectivity index (χ1n) is 5.16. The monoisotopic (exact) mass is 222 g/mol. The number of hydrogen-bond acceptors (Lipinski definition) is 4. The van der Waals surface area contributed by atoms with Gasteiger partial charge in [0.25, 0.3) is 0 Å². The third-order valence-electron chi connectivity index (χ3n) is 3.00. The Hall–Kier alpha value is -1.55. The van der Waals surface area contributed by atoms with Crippen molar-refractivity contribution in [1.82, 2.24) is 0 Å². The van der Waals surface area contributed by atoms with Crippen LogP contribution in [0, 0.1) is 5.92 Å². The van der Waals surface area contributed by atoms with Crippen LogP contribution in [0.25, 0.3) is 0 Å². The van der Waals surface area contributed by atoms with Gasteiger partial charge < -0.3 is 14.9 Å². The van der Waals surface area contributed by atoms with E-state index >= 15 is 0 Å². The number of aliphatic hydroxyl groups is 1. The van der Waals surface area contributed by atoms with Crippen molar-refractivity contribution in [3.05, 3.63) is 23.3 Å². The first-order valence-corrected chi connectivity index (χ1v) is 5.16. The molecule has 2 rings (SSSR count). The molecule has 1 aliphatic rings. The highest BCUT2D eigenvalue weighted by molar-refractivity contribution is 6.01. The molecule has 0 spiro atoms. The van der Waals surface area contributed by atoms with E-state index in [0.29, 0.717) is 11.3 Å². The second-order valence-corrected chi connectivity index (χ2v) is 4.16. The molecule has 2 unspecified atom stereocenters. The predicted molar refractivity (Wildman–Crippen MR) is 57.7 cm³/mol. The number of Topliss-reactive ketones (excluding diaryl/α,β-unsaturated/α-hetero) is 1. The van der Waals surface area contributed by atoms with Crippen molar-refractivity contribution in [2.75, 3.05) is 7.11 Å². The molecule has 2 atom stereocenters. The number of aliphatic hydroxyl groups excluding tert-OH is 1. The van der Waals surface area contributed by atoms with Crippen LogP contribution in [0.15, 0.2) is 12.1 Å². The molecule has 2 N–H and O–H groups in total. The van der Waals surface area contributed by atoms with Crippen molar-refractivity contribution < 1.29 is 19.7 Å². The Labute approximate surface area is 93.5 Å². The number of phenolic OH excluding ortho intramolecular Hbond substituents is 1. The third-order valence-corrected chi connectivity index (χ3v) is 3.00. The normalized spacial score (nSPS) is 24.1. The van der Waals surface area contributed by atoms with E-state index in [0.717, 1.165) is 0 Å². The van der Waals surface area contributed by atoms with Gasteiger partial charge in [-0.1, -0.05) is 6.92 Å². The van der Waals surface area contributed by atoms with Gasteiger partial charge in [-0.05, 0) is 17.5 Å². The standard InChI is InChI=1S/C12H14O4/c1-6-3-9(13)11-8(12(6)15)4-7(16-2)5-10(11)14/h4-6,12,14-15H,3H2,1-2H3. The lowest BCUT2D eigenvalue weighted by atomic mass is 9.81. The number of carbonyl (C=O) groups is 1. The minimum absolute atomic E-state index is 0.120. The maximum atomic E-state index is 11.8. The minimum atomic E-state index is -0.728. The number of carbonyl (C=O) groups excluding carboxylic acids is 1. The average molecular weight is 222 g/mol. The number of ketones is 1. The molecule has 86 valence electrons. The number of benzene rings is 1. The summed E-state index contributed by atoms with van der Waals surface area (Å²) in [6.45, 7) is 1.81. The van der Waals surface area contributed by atoms with E-state index in [9.17, 15) is 15.0 Å². The molecule has 4 heteroatoms. The topological polar surface area (TPSA) is 66.8 Å². The summed E-state index contributed by atoms with van der Waals surface area (Å²) in [5, 5.41) is 19.7. The second-order valence-electron chi connectivity index (χ2n) is 4.16. The Morgan fingerprint density at radius 2 is 2.12 bits per heavy atom. The van der Waals surface area contributed by atoms with Crippen molar-refractivity contribution in [2.45, 2.75) is 19.4 Å². The van der Waals surface area contributed by atoms with Gasteiger partial charge in [0.1, 0.15) is 11.5 Å². The molecule has 0 radical (unpaired) electrons. The van der Waals surface area contributed by atoms with E-state index in [4.69, 9.17) is 4.74 Å². The van der Waals surface area contributed by atoms with Crippen molar-refractivity contribution in [3.63, 3.8) is 0 Å². The van der Waals surface area contributed by atoms with Gasteiger partial charge in [0, 0.05) is 12.5 Å². The van der Waals surface area contributed by atoms with Gasteiger partial charge in [-0.2, -0.15) is 0 Å². The molecule has 16 heavy (non-hydrogen) atoms. The zero-order chi connectivity index (χ0) is 11.9. The molecule has 1 aromatic carbocycles. The Kier molecular flexibility index (Phi) is 2.59. The summed E-state index contributed by atoms with van der Waals surface area (Å²) in [6.07, 6.45) is -0.470. The molecule has 0 heterocycles. The molecule has 0 amide bonds. The summed E-state index contributed by atoms with van der Waals surface area (Å²) >= 11 is 0. The summed E-state index contributed by atoms with van der Waals surface area (Å²) in [7, 11) is 1.47. The van der Waals surface area contributed by atoms with E-state index in [1.54, 1.807) is 6.07 Å². The van der Waals surface area contributed by atoms with Crippen LogP contribution in [0.1, 0.15) is 35.4 Å². The molecule has 1 aromatic rings.